The molecular formula is C27H42N6O12S. The molecule has 1 aliphatic rings. The Morgan fingerprint density at radius 1 is 0.783 bits per heavy atom. The van der Waals surface area contributed by atoms with Gasteiger partial charge in [0.15, 0.2) is 0 Å². The standard InChI is InChI=1S/C27H42N6O12S/c1-5-12(2)21(32-23(40)16(10-20(37)38)30-22(39)15(9-19(35)36)29-14(4)34)25(42)28-13(3)26(43)33-8-6-7-18(33)24(41)31-17(11-46)27(44)45/h12-13,15-18,21,46H,5-11H2,1-4H3,(H,28,42)(H,29,34)(H,30,39)(H,31,41)(H,32,40)(H,35,36)(H,37,38)(H,44,45)/t12-,13-,15-,16-,17-,18-,21-/m0/s1. The summed E-state index contributed by atoms with van der Waals surface area (Å²) in [6.45, 7) is 5.85. The molecule has 0 radical (unpaired) electrons. The van der Waals surface area contributed by atoms with Crippen LogP contribution in [0.15, 0.2) is 0 Å². The van der Waals surface area contributed by atoms with Crippen LogP contribution in [-0.4, -0.2) is 122 Å². The second kappa shape index (κ2) is 18.5. The number of carboxylic acids is 3. The van der Waals surface area contributed by atoms with Crippen LogP contribution in [0.2, 0.25) is 0 Å². The van der Waals surface area contributed by atoms with Crippen LogP contribution in [-0.2, 0) is 43.2 Å². The molecule has 0 saturated carbocycles. The Hall–Kier alpha value is -4.42. The summed E-state index contributed by atoms with van der Waals surface area (Å²) >= 11 is 3.91. The second-order valence-electron chi connectivity index (χ2n) is 10.9. The molecule has 8 N–H and O–H groups in total. The van der Waals surface area contributed by atoms with Crippen LogP contribution in [0.3, 0.4) is 0 Å². The first-order chi connectivity index (χ1) is 21.4. The van der Waals surface area contributed by atoms with Crippen LogP contribution < -0.4 is 26.6 Å². The molecular weight excluding hydrogens is 632 g/mol. The van der Waals surface area contributed by atoms with E-state index in [4.69, 9.17) is 5.11 Å². The van der Waals surface area contributed by atoms with E-state index in [0.717, 1.165) is 6.92 Å². The summed E-state index contributed by atoms with van der Waals surface area (Å²) in [5, 5.41) is 39.0. The van der Waals surface area contributed by atoms with Gasteiger partial charge in [-0.2, -0.15) is 12.6 Å². The first-order valence-electron chi connectivity index (χ1n) is 14.5. The molecule has 46 heavy (non-hydrogen) atoms. The van der Waals surface area contributed by atoms with Crippen molar-refractivity contribution in [3.63, 3.8) is 0 Å². The van der Waals surface area contributed by atoms with Crippen molar-refractivity contribution in [3.05, 3.63) is 0 Å². The lowest BCUT2D eigenvalue weighted by Crippen LogP contribution is -2.60. The van der Waals surface area contributed by atoms with Crippen LogP contribution in [0.4, 0.5) is 0 Å². The second-order valence-corrected chi connectivity index (χ2v) is 11.2. The summed E-state index contributed by atoms with van der Waals surface area (Å²) in [6.07, 6.45) is -0.763. The number of likely N-dealkylation sites (tertiary alicyclic amines) is 1. The maximum atomic E-state index is 13.3. The normalized spacial score (nSPS) is 18.0. The van der Waals surface area contributed by atoms with E-state index in [2.05, 4.69) is 39.2 Å². The van der Waals surface area contributed by atoms with E-state index in [1.54, 1.807) is 13.8 Å². The lowest BCUT2D eigenvalue weighted by molar-refractivity contribution is -0.144. The number of thiol groups is 1. The molecule has 0 unspecified atom stereocenters. The molecule has 1 fully saturated rings. The number of nitrogens with zero attached hydrogens (tertiary/aromatic N) is 1. The molecule has 0 bridgehead atoms. The molecule has 0 aromatic rings. The lowest BCUT2D eigenvalue weighted by Gasteiger charge is -2.30. The van der Waals surface area contributed by atoms with Crippen LogP contribution in [0.1, 0.15) is 59.8 Å². The Morgan fingerprint density at radius 3 is 1.80 bits per heavy atom. The highest BCUT2D eigenvalue weighted by atomic mass is 32.1. The van der Waals surface area contributed by atoms with Gasteiger partial charge in [0.05, 0.1) is 12.8 Å². The van der Waals surface area contributed by atoms with Gasteiger partial charge in [0.2, 0.25) is 35.4 Å². The molecule has 0 aliphatic carbocycles. The van der Waals surface area contributed by atoms with Crippen molar-refractivity contribution >= 4 is 66.0 Å². The highest BCUT2D eigenvalue weighted by Gasteiger charge is 2.39. The maximum Gasteiger partial charge on any atom is 0.327 e. The minimum absolute atomic E-state index is 0.166. The maximum absolute atomic E-state index is 13.3. The van der Waals surface area contributed by atoms with E-state index in [9.17, 15) is 53.4 Å². The molecule has 0 aromatic carbocycles. The predicted octanol–water partition coefficient (Wildman–Crippen LogP) is -2.55. The van der Waals surface area contributed by atoms with Gasteiger partial charge in [-0.1, -0.05) is 20.3 Å². The van der Waals surface area contributed by atoms with Gasteiger partial charge in [0, 0.05) is 19.2 Å². The number of aliphatic carboxylic acids is 3. The summed E-state index contributed by atoms with van der Waals surface area (Å²) in [5.41, 5.74) is 0. The van der Waals surface area contributed by atoms with Crippen LogP contribution >= 0.6 is 12.6 Å². The summed E-state index contributed by atoms with van der Waals surface area (Å²) < 4.78 is 0. The van der Waals surface area contributed by atoms with Gasteiger partial charge in [-0.3, -0.25) is 38.4 Å². The molecule has 1 rings (SSSR count). The Labute approximate surface area is 270 Å². The number of nitrogens with one attached hydrogen (secondary N) is 5. The van der Waals surface area contributed by atoms with Gasteiger partial charge in [-0.15, -0.1) is 0 Å². The van der Waals surface area contributed by atoms with Crippen molar-refractivity contribution in [2.45, 2.75) is 96.1 Å². The van der Waals surface area contributed by atoms with E-state index in [-0.39, 0.29) is 18.7 Å². The zero-order valence-corrected chi connectivity index (χ0v) is 26.8. The molecule has 1 saturated heterocycles. The topological polar surface area (TPSA) is 278 Å². The van der Waals surface area contributed by atoms with Crippen LogP contribution in [0, 0.1) is 5.92 Å². The van der Waals surface area contributed by atoms with Gasteiger partial charge in [0.1, 0.15) is 36.3 Å². The SMILES string of the molecule is CC[C@H](C)[C@H](NC(=O)[C@H](CC(=O)O)NC(=O)[C@H](CC(=O)O)NC(C)=O)C(=O)N[C@@H](C)C(=O)N1CCC[C@H]1C(=O)N[C@@H](CS)C(=O)O. The number of carboxylic acid groups (broad SMARTS) is 3. The van der Waals surface area contributed by atoms with Gasteiger partial charge in [0.25, 0.3) is 0 Å². The Kier molecular flexibility index (Phi) is 15.9. The summed E-state index contributed by atoms with van der Waals surface area (Å²) in [6, 6.07) is -8.17. The van der Waals surface area contributed by atoms with Crippen LogP contribution in [0.5, 0.6) is 0 Å². The third-order valence-corrected chi connectivity index (χ3v) is 7.61. The van der Waals surface area contributed by atoms with Crippen LogP contribution in [0.25, 0.3) is 0 Å². The monoisotopic (exact) mass is 674 g/mol. The van der Waals surface area contributed by atoms with Gasteiger partial charge in [-0.05, 0) is 25.7 Å². The quantitative estimate of drug-likeness (QED) is 0.0680. The highest BCUT2D eigenvalue weighted by molar-refractivity contribution is 7.80. The third-order valence-electron chi connectivity index (χ3n) is 7.24. The first-order valence-corrected chi connectivity index (χ1v) is 15.1. The van der Waals surface area contributed by atoms with E-state index < -0.39 is 108 Å². The Bertz CT molecular complexity index is 1180. The third kappa shape index (κ3) is 12.2. The summed E-state index contributed by atoms with van der Waals surface area (Å²) in [5.74, 6) is -10.1. The fourth-order valence-electron chi connectivity index (χ4n) is 4.61. The predicted molar refractivity (Wildman–Crippen MR) is 161 cm³/mol. The minimum Gasteiger partial charge on any atom is -0.481 e. The van der Waals surface area contributed by atoms with Crippen molar-refractivity contribution in [3.8, 4) is 0 Å². The van der Waals surface area contributed by atoms with Crippen molar-refractivity contribution < 1.29 is 58.5 Å². The van der Waals surface area contributed by atoms with Gasteiger partial charge in [-0.25, -0.2) is 4.79 Å². The summed E-state index contributed by atoms with van der Waals surface area (Å²) in [4.78, 5) is 112. The molecule has 6 amide bonds. The summed E-state index contributed by atoms with van der Waals surface area (Å²) in [7, 11) is 0. The number of hydrogen-bond acceptors (Lipinski definition) is 10. The minimum atomic E-state index is -1.77. The zero-order chi connectivity index (χ0) is 35.3. The van der Waals surface area contributed by atoms with Crippen molar-refractivity contribution in [1.29, 1.82) is 0 Å². The number of carbonyl (C=O) groups is 9. The lowest BCUT2D eigenvalue weighted by atomic mass is 9.97. The van der Waals surface area contributed by atoms with Crippen molar-refractivity contribution in [1.82, 2.24) is 31.5 Å². The fourth-order valence-corrected chi connectivity index (χ4v) is 4.86. The fraction of sp³-hybridized carbons (Fsp3) is 0.667. The first kappa shape index (κ1) is 39.6. The number of amides is 6. The molecule has 0 aromatic heterocycles. The molecule has 7 atom stereocenters. The molecule has 19 heteroatoms. The smallest absolute Gasteiger partial charge is 0.327 e. The number of hydrogen-bond donors (Lipinski definition) is 9. The van der Waals surface area contributed by atoms with Crippen molar-refractivity contribution in [2.24, 2.45) is 5.92 Å². The molecule has 18 nitrogen and oxygen atoms in total. The molecule has 0 spiro atoms. The molecule has 1 aliphatic heterocycles. The van der Waals surface area contributed by atoms with Gasteiger partial charge < -0.3 is 46.8 Å². The van der Waals surface area contributed by atoms with Gasteiger partial charge >= 0.3 is 17.9 Å². The zero-order valence-electron chi connectivity index (χ0n) is 25.9. The van der Waals surface area contributed by atoms with E-state index in [0.29, 0.717) is 12.8 Å². The Balaban J connectivity index is 3.09. The molecule has 258 valence electrons. The number of carbonyl (C=O) groups excluding carboxylic acids is 6. The van der Waals surface area contributed by atoms with E-state index >= 15 is 0 Å². The Morgan fingerprint density at radius 2 is 1.33 bits per heavy atom. The van der Waals surface area contributed by atoms with E-state index in [1.807, 2.05) is 0 Å². The number of rotatable bonds is 18. The molecule has 1 heterocycles. The van der Waals surface area contributed by atoms with E-state index in [1.165, 1.54) is 11.8 Å². The van der Waals surface area contributed by atoms with Crippen molar-refractivity contribution in [2.75, 3.05) is 12.3 Å². The average molecular weight is 675 g/mol. The highest BCUT2D eigenvalue weighted by Crippen LogP contribution is 2.19. The average Bonchev–Trinajstić information content (AvgIpc) is 3.46. The largest absolute Gasteiger partial charge is 0.481 e.